The quantitative estimate of drug-likeness (QED) is 0.333. The summed E-state index contributed by atoms with van der Waals surface area (Å²) in [5, 5.41) is -0.394. The van der Waals surface area contributed by atoms with Crippen molar-refractivity contribution in [3.8, 4) is 17.2 Å². The second-order valence-electron chi connectivity index (χ2n) is 7.25. The van der Waals surface area contributed by atoms with Crippen molar-refractivity contribution in [2.75, 3.05) is 0 Å². The van der Waals surface area contributed by atoms with Crippen LogP contribution in [0.15, 0.2) is 84.3 Å². The summed E-state index contributed by atoms with van der Waals surface area (Å²) in [5.41, 5.74) is 0.390. The first kappa shape index (κ1) is 23.3. The molecule has 6 nitrogen and oxygen atoms in total. The van der Waals surface area contributed by atoms with Gasteiger partial charge in [-0.2, -0.15) is 13.2 Å². The molecule has 0 saturated heterocycles. The molecule has 4 aromatic rings. The van der Waals surface area contributed by atoms with Crippen LogP contribution in [0.1, 0.15) is 16.7 Å². The van der Waals surface area contributed by atoms with Crippen molar-refractivity contribution in [3.63, 3.8) is 0 Å². The fourth-order valence-electron chi connectivity index (χ4n) is 3.06. The summed E-state index contributed by atoms with van der Waals surface area (Å²) in [7, 11) is 0. The lowest BCUT2D eigenvalue weighted by atomic mass is 10.2. The highest BCUT2D eigenvalue weighted by molar-refractivity contribution is 6.31. The minimum absolute atomic E-state index is 0.0170. The van der Waals surface area contributed by atoms with E-state index in [2.05, 4.69) is 9.97 Å². The van der Waals surface area contributed by atoms with Gasteiger partial charge in [-0.05, 0) is 42.0 Å². The van der Waals surface area contributed by atoms with E-state index in [1.165, 1.54) is 23.0 Å². The summed E-state index contributed by atoms with van der Waals surface area (Å²) < 4.78 is 51.7. The molecule has 0 amide bonds. The van der Waals surface area contributed by atoms with Crippen molar-refractivity contribution >= 4 is 11.6 Å². The van der Waals surface area contributed by atoms with Gasteiger partial charge in [0.1, 0.15) is 30.2 Å². The monoisotopic (exact) mass is 487 g/mol. The van der Waals surface area contributed by atoms with Crippen LogP contribution < -0.4 is 15.0 Å². The summed E-state index contributed by atoms with van der Waals surface area (Å²) in [6.07, 6.45) is 1.75. The number of pyridine rings is 1. The SMILES string of the molecule is O=c1cc(OCc2ccc(Oc3ccc(Cl)c(C(F)(F)F)c3)cc2)ccn1Cc1cncnc1. The first-order chi connectivity index (χ1) is 16.3. The molecule has 2 aromatic heterocycles. The maximum absolute atomic E-state index is 13.0. The van der Waals surface area contributed by atoms with Crippen LogP contribution in [0.3, 0.4) is 0 Å². The van der Waals surface area contributed by atoms with E-state index in [0.29, 0.717) is 18.0 Å². The molecule has 2 aromatic carbocycles. The van der Waals surface area contributed by atoms with Crippen LogP contribution in [0.4, 0.5) is 13.2 Å². The molecule has 0 unspecified atom stereocenters. The lowest BCUT2D eigenvalue weighted by Crippen LogP contribution is -2.19. The number of benzene rings is 2. The second kappa shape index (κ2) is 9.96. The van der Waals surface area contributed by atoms with Gasteiger partial charge in [0.05, 0.1) is 17.1 Å². The molecule has 2 heterocycles. The number of aromatic nitrogens is 3. The van der Waals surface area contributed by atoms with Crippen LogP contribution in [0.25, 0.3) is 0 Å². The summed E-state index contributed by atoms with van der Waals surface area (Å²) >= 11 is 5.63. The first-order valence-corrected chi connectivity index (χ1v) is 10.4. The number of rotatable bonds is 7. The maximum atomic E-state index is 13.0. The number of ether oxygens (including phenoxy) is 2. The van der Waals surface area contributed by atoms with E-state index in [0.717, 1.165) is 23.3 Å². The standard InChI is InChI=1S/C24H17ClF3N3O3/c25-22-6-5-20(9-21(22)24(26,27)28)34-18-3-1-16(2-4-18)14-33-19-7-8-31(23(32)10-19)13-17-11-29-15-30-12-17/h1-12,15H,13-14H2. The third-order valence-electron chi connectivity index (χ3n) is 4.74. The maximum Gasteiger partial charge on any atom is 0.417 e. The molecule has 0 radical (unpaired) electrons. The Morgan fingerprint density at radius 2 is 1.59 bits per heavy atom. The molecule has 174 valence electrons. The molecule has 34 heavy (non-hydrogen) atoms. The molecule has 0 atom stereocenters. The molecular formula is C24H17ClF3N3O3. The van der Waals surface area contributed by atoms with Gasteiger partial charge in [-0.3, -0.25) is 4.79 Å². The fourth-order valence-corrected chi connectivity index (χ4v) is 3.28. The van der Waals surface area contributed by atoms with Crippen LogP contribution in [0.2, 0.25) is 5.02 Å². The van der Waals surface area contributed by atoms with Crippen LogP contribution in [-0.4, -0.2) is 14.5 Å². The molecule has 0 aliphatic carbocycles. The van der Waals surface area contributed by atoms with E-state index in [1.54, 1.807) is 48.9 Å². The predicted molar refractivity (Wildman–Crippen MR) is 119 cm³/mol. The lowest BCUT2D eigenvalue weighted by molar-refractivity contribution is -0.137. The van der Waals surface area contributed by atoms with Crippen molar-refractivity contribution in [2.45, 2.75) is 19.3 Å². The summed E-state index contributed by atoms with van der Waals surface area (Å²) in [5.74, 6) is 0.779. The van der Waals surface area contributed by atoms with Crippen molar-refractivity contribution < 1.29 is 22.6 Å². The largest absolute Gasteiger partial charge is 0.489 e. The zero-order chi connectivity index (χ0) is 24.1. The van der Waals surface area contributed by atoms with Gasteiger partial charge in [-0.25, -0.2) is 9.97 Å². The Labute approximate surface area is 197 Å². The van der Waals surface area contributed by atoms with E-state index in [4.69, 9.17) is 21.1 Å². The van der Waals surface area contributed by atoms with Crippen LogP contribution in [0.5, 0.6) is 17.2 Å². The minimum atomic E-state index is -4.58. The number of hydrogen-bond donors (Lipinski definition) is 0. The van der Waals surface area contributed by atoms with Crippen molar-refractivity contribution in [1.82, 2.24) is 14.5 Å². The van der Waals surface area contributed by atoms with Crippen molar-refractivity contribution in [3.05, 3.63) is 112 Å². The zero-order valence-electron chi connectivity index (χ0n) is 17.5. The smallest absolute Gasteiger partial charge is 0.417 e. The number of alkyl halides is 3. The van der Waals surface area contributed by atoms with Gasteiger partial charge >= 0.3 is 6.18 Å². The third-order valence-corrected chi connectivity index (χ3v) is 5.07. The Bertz CT molecular complexity index is 1330. The van der Waals surface area contributed by atoms with Crippen LogP contribution >= 0.6 is 11.6 Å². The molecule has 0 saturated carbocycles. The lowest BCUT2D eigenvalue weighted by Gasteiger charge is -2.12. The first-order valence-electron chi connectivity index (χ1n) is 9.99. The van der Waals surface area contributed by atoms with Gasteiger partial charge in [-0.15, -0.1) is 0 Å². The minimum Gasteiger partial charge on any atom is -0.489 e. The molecule has 0 aliphatic rings. The molecule has 0 N–H and O–H groups in total. The van der Waals surface area contributed by atoms with Crippen molar-refractivity contribution in [2.24, 2.45) is 0 Å². The van der Waals surface area contributed by atoms with Crippen LogP contribution in [0, 0.1) is 0 Å². The van der Waals surface area contributed by atoms with Gasteiger partial charge in [0.15, 0.2) is 0 Å². The predicted octanol–water partition coefficient (Wildman–Crippen LogP) is 5.73. The number of nitrogens with zero attached hydrogens (tertiary/aromatic N) is 3. The second-order valence-corrected chi connectivity index (χ2v) is 7.66. The van der Waals surface area contributed by atoms with Gasteiger partial charge in [-0.1, -0.05) is 23.7 Å². The zero-order valence-corrected chi connectivity index (χ0v) is 18.3. The molecule has 0 spiro atoms. The average Bonchev–Trinajstić information content (AvgIpc) is 2.81. The Balaban J connectivity index is 1.36. The summed E-state index contributed by atoms with van der Waals surface area (Å²) in [4.78, 5) is 20.2. The van der Waals surface area contributed by atoms with E-state index >= 15 is 0 Å². The van der Waals surface area contributed by atoms with E-state index < -0.39 is 16.8 Å². The Morgan fingerprint density at radius 1 is 0.882 bits per heavy atom. The van der Waals surface area contributed by atoms with Crippen molar-refractivity contribution in [1.29, 1.82) is 0 Å². The van der Waals surface area contributed by atoms with E-state index in [1.807, 2.05) is 0 Å². The number of halogens is 4. The summed E-state index contributed by atoms with van der Waals surface area (Å²) in [6.45, 7) is 0.537. The molecule has 0 aliphatic heterocycles. The van der Waals surface area contributed by atoms with E-state index in [9.17, 15) is 18.0 Å². The van der Waals surface area contributed by atoms with Gasteiger partial charge in [0.2, 0.25) is 0 Å². The Morgan fingerprint density at radius 3 is 2.26 bits per heavy atom. The highest BCUT2D eigenvalue weighted by Crippen LogP contribution is 2.37. The molecular weight excluding hydrogens is 471 g/mol. The van der Waals surface area contributed by atoms with E-state index in [-0.39, 0.29) is 17.9 Å². The summed E-state index contributed by atoms with van der Waals surface area (Å²) in [6, 6.07) is 13.1. The highest BCUT2D eigenvalue weighted by atomic mass is 35.5. The topological polar surface area (TPSA) is 66.2 Å². The number of hydrogen-bond acceptors (Lipinski definition) is 5. The fraction of sp³-hybridized carbons (Fsp3) is 0.125. The van der Waals surface area contributed by atoms with Gasteiger partial charge < -0.3 is 14.0 Å². The Hall–Kier alpha value is -3.85. The third kappa shape index (κ3) is 5.93. The molecule has 4 rings (SSSR count). The Kier molecular flexibility index (Phi) is 6.83. The average molecular weight is 488 g/mol. The molecule has 0 bridgehead atoms. The van der Waals surface area contributed by atoms with Crippen LogP contribution in [-0.2, 0) is 19.3 Å². The normalized spacial score (nSPS) is 11.3. The van der Waals surface area contributed by atoms with Gasteiger partial charge in [0.25, 0.3) is 5.56 Å². The molecule has 0 fully saturated rings. The highest BCUT2D eigenvalue weighted by Gasteiger charge is 2.33. The van der Waals surface area contributed by atoms with Gasteiger partial charge in [0, 0.05) is 30.2 Å². The molecule has 10 heteroatoms.